The first-order chi connectivity index (χ1) is 14.5. The second-order valence-corrected chi connectivity index (χ2v) is 7.69. The molecule has 1 aromatic heterocycles. The summed E-state index contributed by atoms with van der Waals surface area (Å²) in [7, 11) is 1.64. The van der Waals surface area contributed by atoms with Gasteiger partial charge in [0.2, 0.25) is 5.91 Å². The Kier molecular flexibility index (Phi) is 5.70. The standard InChI is InChI=1S/C25H27N3O2/c1-18-5-4-6-22-19(2)17-23(26-25(18)22)27-13-15-28(16-14-27)24(29)12-9-20-7-10-21(30-3)11-8-20/h4-12,17H,13-16H2,1-3H3/b12-9+. The molecule has 1 aliphatic rings. The van der Waals surface area contributed by atoms with Gasteiger partial charge in [-0.15, -0.1) is 0 Å². The third kappa shape index (κ3) is 4.15. The Bertz CT molecular complexity index is 1080. The molecule has 0 bridgehead atoms. The molecule has 0 spiro atoms. The number of carbonyl (C=O) groups is 1. The number of anilines is 1. The molecule has 0 atom stereocenters. The van der Waals surface area contributed by atoms with Gasteiger partial charge < -0.3 is 14.5 Å². The summed E-state index contributed by atoms with van der Waals surface area (Å²) in [5.74, 6) is 1.85. The molecule has 0 radical (unpaired) electrons. The van der Waals surface area contributed by atoms with E-state index in [0.717, 1.165) is 35.7 Å². The minimum Gasteiger partial charge on any atom is -0.497 e. The van der Waals surface area contributed by atoms with Crippen LogP contribution in [0.4, 0.5) is 5.82 Å². The van der Waals surface area contributed by atoms with Crippen LogP contribution < -0.4 is 9.64 Å². The molecule has 0 aliphatic carbocycles. The van der Waals surface area contributed by atoms with Crippen LogP contribution in [0.3, 0.4) is 0 Å². The van der Waals surface area contributed by atoms with Gasteiger partial charge in [-0.1, -0.05) is 30.3 Å². The highest BCUT2D eigenvalue weighted by Crippen LogP contribution is 2.25. The zero-order valence-corrected chi connectivity index (χ0v) is 17.8. The molecule has 0 unspecified atom stereocenters. The summed E-state index contributed by atoms with van der Waals surface area (Å²) >= 11 is 0. The lowest BCUT2D eigenvalue weighted by molar-refractivity contribution is -0.126. The Morgan fingerprint density at radius 2 is 1.73 bits per heavy atom. The minimum atomic E-state index is 0.0453. The molecular formula is C25H27N3O2. The van der Waals surface area contributed by atoms with Gasteiger partial charge in [-0.25, -0.2) is 4.98 Å². The highest BCUT2D eigenvalue weighted by Gasteiger charge is 2.21. The summed E-state index contributed by atoms with van der Waals surface area (Å²) in [4.78, 5) is 21.7. The molecule has 5 nitrogen and oxygen atoms in total. The lowest BCUT2D eigenvalue weighted by Crippen LogP contribution is -2.48. The molecule has 1 amide bonds. The van der Waals surface area contributed by atoms with E-state index in [0.29, 0.717) is 13.1 Å². The highest BCUT2D eigenvalue weighted by molar-refractivity contribution is 5.92. The van der Waals surface area contributed by atoms with Gasteiger partial charge in [0.25, 0.3) is 0 Å². The summed E-state index contributed by atoms with van der Waals surface area (Å²) in [5.41, 5.74) is 4.47. The number of pyridine rings is 1. The van der Waals surface area contributed by atoms with Crippen LogP contribution in [0.25, 0.3) is 17.0 Å². The minimum absolute atomic E-state index is 0.0453. The summed E-state index contributed by atoms with van der Waals surface area (Å²) < 4.78 is 5.16. The van der Waals surface area contributed by atoms with E-state index in [1.807, 2.05) is 35.2 Å². The van der Waals surface area contributed by atoms with Gasteiger partial charge in [-0.2, -0.15) is 0 Å². The summed E-state index contributed by atoms with van der Waals surface area (Å²) in [6, 6.07) is 16.1. The molecule has 0 saturated carbocycles. The first-order valence-electron chi connectivity index (χ1n) is 10.3. The SMILES string of the molecule is COc1ccc(/C=C/C(=O)N2CCN(c3cc(C)c4cccc(C)c4n3)CC2)cc1. The number of rotatable bonds is 4. The van der Waals surface area contributed by atoms with Crippen molar-refractivity contribution in [1.29, 1.82) is 0 Å². The summed E-state index contributed by atoms with van der Waals surface area (Å²) in [5, 5.41) is 1.20. The maximum absolute atomic E-state index is 12.6. The fourth-order valence-corrected chi connectivity index (χ4v) is 3.85. The van der Waals surface area contributed by atoms with Gasteiger partial charge in [0, 0.05) is 37.6 Å². The topological polar surface area (TPSA) is 45.7 Å². The van der Waals surface area contributed by atoms with Crippen LogP contribution in [0.2, 0.25) is 0 Å². The van der Waals surface area contributed by atoms with E-state index in [4.69, 9.17) is 9.72 Å². The number of para-hydroxylation sites is 1. The van der Waals surface area contributed by atoms with E-state index in [9.17, 15) is 4.79 Å². The van der Waals surface area contributed by atoms with Crippen molar-refractivity contribution in [2.75, 3.05) is 38.2 Å². The molecule has 0 N–H and O–H groups in total. The number of carbonyl (C=O) groups excluding carboxylic acids is 1. The number of amides is 1. The Morgan fingerprint density at radius 3 is 2.43 bits per heavy atom. The average Bonchev–Trinajstić information content (AvgIpc) is 2.78. The molecule has 30 heavy (non-hydrogen) atoms. The number of benzene rings is 2. The number of ether oxygens (including phenoxy) is 1. The van der Waals surface area contributed by atoms with E-state index in [2.05, 4.69) is 43.0 Å². The maximum Gasteiger partial charge on any atom is 0.246 e. The monoisotopic (exact) mass is 401 g/mol. The van der Waals surface area contributed by atoms with Gasteiger partial charge >= 0.3 is 0 Å². The third-order valence-electron chi connectivity index (χ3n) is 5.68. The number of aryl methyl sites for hydroxylation is 2. The van der Waals surface area contributed by atoms with Gasteiger partial charge in [0.15, 0.2) is 0 Å². The first kappa shape index (κ1) is 20.0. The molecule has 1 fully saturated rings. The van der Waals surface area contributed by atoms with Crippen LogP contribution in [0.1, 0.15) is 16.7 Å². The summed E-state index contributed by atoms with van der Waals surface area (Å²) in [6.45, 7) is 7.19. The Hall–Kier alpha value is -3.34. The van der Waals surface area contributed by atoms with Crippen molar-refractivity contribution < 1.29 is 9.53 Å². The molecule has 4 rings (SSSR count). The zero-order valence-electron chi connectivity index (χ0n) is 17.8. The molecule has 1 saturated heterocycles. The van der Waals surface area contributed by atoms with Gasteiger partial charge in [0.1, 0.15) is 11.6 Å². The van der Waals surface area contributed by atoms with E-state index < -0.39 is 0 Å². The largest absolute Gasteiger partial charge is 0.497 e. The van der Waals surface area contributed by atoms with E-state index >= 15 is 0 Å². The van der Waals surface area contributed by atoms with E-state index in [1.54, 1.807) is 13.2 Å². The normalized spacial score (nSPS) is 14.5. The quantitative estimate of drug-likeness (QED) is 0.614. The lowest BCUT2D eigenvalue weighted by Gasteiger charge is -2.35. The lowest BCUT2D eigenvalue weighted by atomic mass is 10.1. The second-order valence-electron chi connectivity index (χ2n) is 7.69. The van der Waals surface area contributed by atoms with Crippen molar-refractivity contribution in [2.24, 2.45) is 0 Å². The number of aromatic nitrogens is 1. The van der Waals surface area contributed by atoms with Crippen molar-refractivity contribution >= 4 is 28.7 Å². The van der Waals surface area contributed by atoms with Gasteiger partial charge in [0.05, 0.1) is 12.6 Å². The predicted octanol–water partition coefficient (Wildman–Crippen LogP) is 4.22. The van der Waals surface area contributed by atoms with E-state index in [-0.39, 0.29) is 5.91 Å². The Labute approximate surface area is 177 Å². The fraction of sp³-hybridized carbons (Fsp3) is 0.280. The van der Waals surface area contributed by atoms with Crippen molar-refractivity contribution in [3.63, 3.8) is 0 Å². The fourth-order valence-electron chi connectivity index (χ4n) is 3.85. The molecule has 2 aromatic carbocycles. The van der Waals surface area contributed by atoms with Crippen molar-refractivity contribution in [2.45, 2.75) is 13.8 Å². The smallest absolute Gasteiger partial charge is 0.246 e. The second kappa shape index (κ2) is 8.57. The highest BCUT2D eigenvalue weighted by atomic mass is 16.5. The van der Waals surface area contributed by atoms with Crippen molar-refractivity contribution in [1.82, 2.24) is 9.88 Å². The summed E-state index contributed by atoms with van der Waals surface area (Å²) in [6.07, 6.45) is 3.50. The number of nitrogens with zero attached hydrogens (tertiary/aromatic N) is 3. The maximum atomic E-state index is 12.6. The van der Waals surface area contributed by atoms with Crippen LogP contribution >= 0.6 is 0 Å². The zero-order chi connectivity index (χ0) is 21.1. The third-order valence-corrected chi connectivity index (χ3v) is 5.68. The van der Waals surface area contributed by atoms with Crippen LogP contribution in [-0.2, 0) is 4.79 Å². The van der Waals surface area contributed by atoms with Crippen LogP contribution in [0, 0.1) is 13.8 Å². The number of fused-ring (bicyclic) bond motifs is 1. The molecule has 5 heteroatoms. The average molecular weight is 402 g/mol. The molecule has 1 aliphatic heterocycles. The van der Waals surface area contributed by atoms with Crippen LogP contribution in [-0.4, -0.2) is 49.1 Å². The van der Waals surface area contributed by atoms with Gasteiger partial charge in [-0.3, -0.25) is 4.79 Å². The van der Waals surface area contributed by atoms with E-state index in [1.165, 1.54) is 16.5 Å². The first-order valence-corrected chi connectivity index (χ1v) is 10.3. The van der Waals surface area contributed by atoms with Crippen LogP contribution in [0.5, 0.6) is 5.75 Å². The molecular weight excluding hydrogens is 374 g/mol. The molecule has 2 heterocycles. The van der Waals surface area contributed by atoms with Crippen molar-refractivity contribution in [3.8, 4) is 5.75 Å². The van der Waals surface area contributed by atoms with Gasteiger partial charge in [-0.05, 0) is 54.8 Å². The number of hydrogen-bond donors (Lipinski definition) is 0. The molecule has 3 aromatic rings. The van der Waals surface area contributed by atoms with Crippen LogP contribution in [0.15, 0.2) is 54.6 Å². The van der Waals surface area contributed by atoms with Crippen molar-refractivity contribution in [3.05, 3.63) is 71.3 Å². The number of methoxy groups -OCH3 is 1. The Balaban J connectivity index is 1.41. The predicted molar refractivity (Wildman–Crippen MR) is 122 cm³/mol. The number of piperazine rings is 1. The Morgan fingerprint density at radius 1 is 1.00 bits per heavy atom. The molecule has 154 valence electrons. The number of hydrogen-bond acceptors (Lipinski definition) is 4.